The van der Waals surface area contributed by atoms with Crippen LogP contribution >= 0.6 is 11.3 Å². The SMILES string of the molecule is Cc1ccc(-c2c(CCCO)sc3nccn23)cc1. The third kappa shape index (κ3) is 2.29. The van der Waals surface area contributed by atoms with Gasteiger partial charge in [0.1, 0.15) is 0 Å². The van der Waals surface area contributed by atoms with E-state index in [1.165, 1.54) is 21.7 Å². The Labute approximate surface area is 116 Å². The number of hydrogen-bond acceptors (Lipinski definition) is 3. The van der Waals surface area contributed by atoms with Gasteiger partial charge < -0.3 is 5.11 Å². The lowest BCUT2D eigenvalue weighted by Gasteiger charge is -2.05. The summed E-state index contributed by atoms with van der Waals surface area (Å²) in [5, 5.41) is 9.03. The van der Waals surface area contributed by atoms with Crippen LogP contribution in [0.5, 0.6) is 0 Å². The third-order valence-electron chi connectivity index (χ3n) is 3.21. The fourth-order valence-electron chi connectivity index (χ4n) is 2.25. The lowest BCUT2D eigenvalue weighted by atomic mass is 10.1. The van der Waals surface area contributed by atoms with Crippen molar-refractivity contribution in [1.82, 2.24) is 9.38 Å². The Balaban J connectivity index is 2.13. The van der Waals surface area contributed by atoms with E-state index in [2.05, 4.69) is 40.6 Å². The second kappa shape index (κ2) is 5.15. The molecule has 2 heterocycles. The monoisotopic (exact) mass is 272 g/mol. The molecule has 0 saturated heterocycles. The molecule has 0 aliphatic heterocycles. The predicted octanol–water partition coefficient (Wildman–Crippen LogP) is 3.30. The summed E-state index contributed by atoms with van der Waals surface area (Å²) in [5.41, 5.74) is 3.69. The number of hydrogen-bond donors (Lipinski definition) is 1. The van der Waals surface area contributed by atoms with Crippen molar-refractivity contribution in [1.29, 1.82) is 0 Å². The first-order valence-electron chi connectivity index (χ1n) is 6.42. The van der Waals surface area contributed by atoms with E-state index in [1.54, 1.807) is 11.3 Å². The number of aryl methyl sites for hydroxylation is 2. The summed E-state index contributed by atoms with van der Waals surface area (Å²) in [5.74, 6) is 0. The molecule has 0 fully saturated rings. The highest BCUT2D eigenvalue weighted by atomic mass is 32.1. The average molecular weight is 272 g/mol. The number of nitrogens with zero attached hydrogens (tertiary/aromatic N) is 2. The van der Waals surface area contributed by atoms with Crippen LogP contribution in [0.1, 0.15) is 16.9 Å². The molecule has 1 aromatic carbocycles. The van der Waals surface area contributed by atoms with Crippen molar-refractivity contribution in [3.05, 3.63) is 47.1 Å². The van der Waals surface area contributed by atoms with E-state index >= 15 is 0 Å². The zero-order valence-electron chi connectivity index (χ0n) is 10.8. The fourth-order valence-corrected chi connectivity index (χ4v) is 3.39. The minimum absolute atomic E-state index is 0.230. The maximum atomic E-state index is 9.03. The van der Waals surface area contributed by atoms with E-state index < -0.39 is 0 Å². The van der Waals surface area contributed by atoms with Crippen LogP contribution in [0.15, 0.2) is 36.7 Å². The lowest BCUT2D eigenvalue weighted by molar-refractivity contribution is 0.289. The molecular weight excluding hydrogens is 256 g/mol. The maximum absolute atomic E-state index is 9.03. The van der Waals surface area contributed by atoms with Crippen molar-refractivity contribution < 1.29 is 5.11 Å². The molecule has 3 rings (SSSR count). The van der Waals surface area contributed by atoms with Crippen molar-refractivity contribution in [3.63, 3.8) is 0 Å². The molecular formula is C15H16N2OS. The maximum Gasteiger partial charge on any atom is 0.194 e. The van der Waals surface area contributed by atoms with E-state index in [4.69, 9.17) is 5.11 Å². The summed E-state index contributed by atoms with van der Waals surface area (Å²) in [4.78, 5) is 6.68. The van der Waals surface area contributed by atoms with Crippen molar-refractivity contribution in [2.24, 2.45) is 0 Å². The molecule has 1 N–H and O–H groups in total. The Morgan fingerprint density at radius 3 is 2.79 bits per heavy atom. The van der Waals surface area contributed by atoms with Gasteiger partial charge in [0.2, 0.25) is 0 Å². The van der Waals surface area contributed by atoms with Crippen LogP contribution in [0.25, 0.3) is 16.2 Å². The molecule has 2 aromatic heterocycles. The molecule has 0 saturated carbocycles. The molecule has 4 heteroatoms. The molecule has 0 unspecified atom stereocenters. The number of thiazole rings is 1. The largest absolute Gasteiger partial charge is 0.396 e. The number of aliphatic hydroxyl groups excluding tert-OH is 1. The Morgan fingerprint density at radius 1 is 1.26 bits per heavy atom. The summed E-state index contributed by atoms with van der Waals surface area (Å²) in [7, 11) is 0. The quantitative estimate of drug-likeness (QED) is 0.791. The van der Waals surface area contributed by atoms with Gasteiger partial charge in [0.15, 0.2) is 4.96 Å². The van der Waals surface area contributed by atoms with Gasteiger partial charge in [0.05, 0.1) is 5.69 Å². The van der Waals surface area contributed by atoms with Gasteiger partial charge in [0.25, 0.3) is 0 Å². The molecule has 0 aliphatic rings. The molecule has 98 valence electrons. The van der Waals surface area contributed by atoms with E-state index in [9.17, 15) is 0 Å². The number of aromatic nitrogens is 2. The molecule has 0 amide bonds. The zero-order valence-corrected chi connectivity index (χ0v) is 11.7. The van der Waals surface area contributed by atoms with E-state index in [0.29, 0.717) is 0 Å². The van der Waals surface area contributed by atoms with Gasteiger partial charge in [-0.15, -0.1) is 11.3 Å². The van der Waals surface area contributed by atoms with Crippen LogP contribution in [-0.2, 0) is 6.42 Å². The van der Waals surface area contributed by atoms with Crippen molar-refractivity contribution in [2.45, 2.75) is 19.8 Å². The van der Waals surface area contributed by atoms with Gasteiger partial charge >= 0.3 is 0 Å². The Hall–Kier alpha value is -1.65. The van der Waals surface area contributed by atoms with Crippen molar-refractivity contribution in [3.8, 4) is 11.3 Å². The van der Waals surface area contributed by atoms with Crippen LogP contribution in [-0.4, -0.2) is 21.1 Å². The van der Waals surface area contributed by atoms with Gasteiger partial charge in [-0.05, 0) is 25.3 Å². The van der Waals surface area contributed by atoms with Crippen molar-refractivity contribution in [2.75, 3.05) is 6.61 Å². The topological polar surface area (TPSA) is 37.5 Å². The third-order valence-corrected chi connectivity index (χ3v) is 4.34. The highest BCUT2D eigenvalue weighted by Crippen LogP contribution is 2.32. The Morgan fingerprint density at radius 2 is 2.05 bits per heavy atom. The standard InChI is InChI=1S/C15H16N2OS/c1-11-4-6-12(7-5-11)14-13(3-2-10-18)19-15-16-8-9-17(14)15/h4-9,18H,2-3,10H2,1H3. The number of fused-ring (bicyclic) bond motifs is 1. The van der Waals surface area contributed by atoms with Gasteiger partial charge in [-0.3, -0.25) is 4.40 Å². The Kier molecular flexibility index (Phi) is 3.36. The number of imidazole rings is 1. The van der Waals surface area contributed by atoms with E-state index in [0.717, 1.165) is 17.8 Å². The van der Waals surface area contributed by atoms with Crippen LogP contribution in [0.2, 0.25) is 0 Å². The van der Waals surface area contributed by atoms with Gasteiger partial charge in [-0.2, -0.15) is 0 Å². The van der Waals surface area contributed by atoms with Gasteiger partial charge in [0, 0.05) is 23.9 Å². The highest BCUT2D eigenvalue weighted by molar-refractivity contribution is 7.17. The first kappa shape index (κ1) is 12.4. The summed E-state index contributed by atoms with van der Waals surface area (Å²) in [6.45, 7) is 2.32. The first-order chi connectivity index (χ1) is 9.29. The van der Waals surface area contributed by atoms with E-state index in [-0.39, 0.29) is 6.61 Å². The molecule has 19 heavy (non-hydrogen) atoms. The summed E-state index contributed by atoms with van der Waals surface area (Å²) in [6, 6.07) is 8.57. The van der Waals surface area contributed by atoms with E-state index in [1.807, 2.05) is 12.4 Å². The fraction of sp³-hybridized carbons (Fsp3) is 0.267. The zero-order chi connectivity index (χ0) is 13.2. The molecule has 0 atom stereocenters. The van der Waals surface area contributed by atoms with Gasteiger partial charge in [-0.1, -0.05) is 29.8 Å². The Bertz CT molecular complexity index is 682. The van der Waals surface area contributed by atoms with Crippen molar-refractivity contribution >= 4 is 16.3 Å². The minimum atomic E-state index is 0.230. The second-order valence-electron chi connectivity index (χ2n) is 4.65. The number of rotatable bonds is 4. The summed E-state index contributed by atoms with van der Waals surface area (Å²) < 4.78 is 2.14. The van der Waals surface area contributed by atoms with Crippen LogP contribution in [0.3, 0.4) is 0 Å². The predicted molar refractivity (Wildman–Crippen MR) is 78.6 cm³/mol. The summed E-state index contributed by atoms with van der Waals surface area (Å²) >= 11 is 1.71. The van der Waals surface area contributed by atoms with Crippen LogP contribution in [0.4, 0.5) is 0 Å². The first-order valence-corrected chi connectivity index (χ1v) is 7.24. The molecule has 0 bridgehead atoms. The second-order valence-corrected chi connectivity index (χ2v) is 5.71. The van der Waals surface area contributed by atoms with Crippen LogP contribution in [0, 0.1) is 6.92 Å². The molecule has 0 spiro atoms. The average Bonchev–Trinajstić information content (AvgIpc) is 2.98. The highest BCUT2D eigenvalue weighted by Gasteiger charge is 2.14. The normalized spacial score (nSPS) is 11.3. The number of benzene rings is 1. The molecule has 0 aliphatic carbocycles. The molecule has 0 radical (unpaired) electrons. The van der Waals surface area contributed by atoms with Gasteiger partial charge in [-0.25, -0.2) is 4.98 Å². The summed E-state index contributed by atoms with van der Waals surface area (Å²) in [6.07, 6.45) is 5.53. The smallest absolute Gasteiger partial charge is 0.194 e. The molecule has 3 aromatic rings. The van der Waals surface area contributed by atoms with Crippen LogP contribution < -0.4 is 0 Å². The molecule has 3 nitrogen and oxygen atoms in total. The minimum Gasteiger partial charge on any atom is -0.396 e. The lowest BCUT2D eigenvalue weighted by Crippen LogP contribution is -1.92. The number of aliphatic hydroxyl groups is 1.